The molecule has 0 unspecified atom stereocenters. The van der Waals surface area contributed by atoms with Crippen molar-refractivity contribution in [1.82, 2.24) is 15.6 Å². The Balaban J connectivity index is 1.72. The number of H-pyrrole nitrogens is 1. The molecule has 0 spiro atoms. The third kappa shape index (κ3) is 3.99. The molecule has 0 aliphatic rings. The molecule has 1 amide bonds. The second kappa shape index (κ2) is 7.38. The van der Waals surface area contributed by atoms with E-state index in [2.05, 4.69) is 20.7 Å². The van der Waals surface area contributed by atoms with Gasteiger partial charge in [-0.1, -0.05) is 35.3 Å². The number of carbonyl (C=O) groups excluding carboxylic acids is 1. The van der Waals surface area contributed by atoms with Crippen LogP contribution in [-0.4, -0.2) is 27.4 Å². The maximum absolute atomic E-state index is 12.1. The summed E-state index contributed by atoms with van der Waals surface area (Å²) in [5.74, 6) is -0.405. The van der Waals surface area contributed by atoms with Gasteiger partial charge in [-0.15, -0.1) is 0 Å². The zero-order chi connectivity index (χ0) is 17.8. The lowest BCUT2D eigenvalue weighted by molar-refractivity contribution is 0.0950. The van der Waals surface area contributed by atoms with Crippen LogP contribution in [0.2, 0.25) is 10.0 Å². The second-order valence-corrected chi connectivity index (χ2v) is 5.89. The van der Waals surface area contributed by atoms with E-state index >= 15 is 0 Å². The number of para-hydroxylation sites is 1. The molecule has 1 aromatic heterocycles. The lowest BCUT2D eigenvalue weighted by Gasteiger charge is -2.00. The number of carbonyl (C=O) groups is 1. The van der Waals surface area contributed by atoms with Gasteiger partial charge in [-0.05, 0) is 36.4 Å². The Hall–Kier alpha value is -2.83. The first kappa shape index (κ1) is 17.0. The summed E-state index contributed by atoms with van der Waals surface area (Å²) in [6.07, 6.45) is 1.35. The first-order valence-electron chi connectivity index (χ1n) is 7.17. The number of aromatic nitrogens is 2. The highest BCUT2D eigenvalue weighted by molar-refractivity contribution is 6.36. The Bertz CT molecular complexity index is 953. The molecule has 1 heterocycles. The van der Waals surface area contributed by atoms with Crippen LogP contribution in [0.15, 0.2) is 53.6 Å². The number of nitrogens with one attached hydrogen (secondary N) is 2. The minimum absolute atomic E-state index is 0.0710. The molecule has 6 nitrogen and oxygen atoms in total. The van der Waals surface area contributed by atoms with E-state index in [0.717, 1.165) is 0 Å². The van der Waals surface area contributed by atoms with Gasteiger partial charge in [0.25, 0.3) is 5.91 Å². The van der Waals surface area contributed by atoms with Gasteiger partial charge in [0.05, 0.1) is 16.9 Å². The quantitative estimate of drug-likeness (QED) is 0.478. The van der Waals surface area contributed by atoms with Gasteiger partial charge in [0.2, 0.25) is 0 Å². The molecule has 8 heteroatoms. The van der Waals surface area contributed by atoms with Crippen molar-refractivity contribution in [3.63, 3.8) is 0 Å². The van der Waals surface area contributed by atoms with Crippen molar-refractivity contribution in [1.29, 1.82) is 0 Å². The van der Waals surface area contributed by atoms with Crippen LogP contribution in [0.5, 0.6) is 5.75 Å². The van der Waals surface area contributed by atoms with E-state index in [-0.39, 0.29) is 11.4 Å². The van der Waals surface area contributed by atoms with Crippen molar-refractivity contribution in [2.24, 2.45) is 5.10 Å². The number of hydrogen-bond donors (Lipinski definition) is 3. The number of hydrazone groups is 1. The number of phenolic OH excluding ortho intramolecular Hbond substituents is 1. The molecule has 0 aliphatic heterocycles. The van der Waals surface area contributed by atoms with Gasteiger partial charge in [-0.3, -0.25) is 9.89 Å². The van der Waals surface area contributed by atoms with Crippen molar-refractivity contribution < 1.29 is 9.90 Å². The molecule has 0 radical (unpaired) electrons. The molecule has 3 N–H and O–H groups in total. The summed E-state index contributed by atoms with van der Waals surface area (Å²) in [7, 11) is 0. The molecule has 3 rings (SSSR count). The van der Waals surface area contributed by atoms with Crippen LogP contribution in [-0.2, 0) is 0 Å². The fraction of sp³-hybridized carbons (Fsp3) is 0. The number of aromatic amines is 1. The zero-order valence-corrected chi connectivity index (χ0v) is 14.2. The minimum atomic E-state index is -0.476. The first-order chi connectivity index (χ1) is 12.0. The van der Waals surface area contributed by atoms with Crippen LogP contribution in [0.4, 0.5) is 0 Å². The normalized spacial score (nSPS) is 11.0. The smallest absolute Gasteiger partial charge is 0.289 e. The Labute approximate surface area is 153 Å². The summed E-state index contributed by atoms with van der Waals surface area (Å²) in [5, 5.41) is 21.1. The Morgan fingerprint density at radius 2 is 2.00 bits per heavy atom. The van der Waals surface area contributed by atoms with E-state index in [1.54, 1.807) is 42.5 Å². The Morgan fingerprint density at radius 1 is 1.20 bits per heavy atom. The SMILES string of the molecule is O=C(N/N=C/c1ccccc1O)c1cc(-c2ccc(Cl)cc2Cl)n[nH]1. The van der Waals surface area contributed by atoms with E-state index < -0.39 is 5.91 Å². The maximum atomic E-state index is 12.1. The zero-order valence-electron chi connectivity index (χ0n) is 12.7. The molecule has 0 fully saturated rings. The van der Waals surface area contributed by atoms with E-state index in [4.69, 9.17) is 23.2 Å². The van der Waals surface area contributed by atoms with Crippen LogP contribution >= 0.6 is 23.2 Å². The first-order valence-corrected chi connectivity index (χ1v) is 7.92. The molecule has 2 aromatic carbocycles. The van der Waals surface area contributed by atoms with Crippen LogP contribution < -0.4 is 5.43 Å². The minimum Gasteiger partial charge on any atom is -0.507 e. The predicted octanol–water partition coefficient (Wildman–Crippen LogP) is 3.85. The maximum Gasteiger partial charge on any atom is 0.289 e. The topological polar surface area (TPSA) is 90.4 Å². The fourth-order valence-corrected chi connectivity index (χ4v) is 2.60. The number of nitrogens with zero attached hydrogens (tertiary/aromatic N) is 2. The molecule has 3 aromatic rings. The standard InChI is InChI=1S/C17H12Cl2N4O2/c18-11-5-6-12(13(19)7-11)14-8-15(22-21-14)17(25)23-20-9-10-3-1-2-4-16(10)24/h1-9,24H,(H,21,22)(H,23,25)/b20-9+. The molecular weight excluding hydrogens is 363 g/mol. The van der Waals surface area contributed by atoms with Crippen molar-refractivity contribution >= 4 is 35.3 Å². The number of hydrogen-bond acceptors (Lipinski definition) is 4. The summed E-state index contributed by atoms with van der Waals surface area (Å²) in [6.45, 7) is 0. The van der Waals surface area contributed by atoms with Gasteiger partial charge >= 0.3 is 0 Å². The van der Waals surface area contributed by atoms with Crippen molar-refractivity contribution in [2.45, 2.75) is 0 Å². The second-order valence-electron chi connectivity index (χ2n) is 5.05. The fourth-order valence-electron chi connectivity index (χ4n) is 2.09. The summed E-state index contributed by atoms with van der Waals surface area (Å²) in [4.78, 5) is 12.1. The largest absolute Gasteiger partial charge is 0.507 e. The average Bonchev–Trinajstić information content (AvgIpc) is 3.06. The molecule has 0 bridgehead atoms. The van der Waals surface area contributed by atoms with Crippen molar-refractivity contribution in [3.8, 4) is 17.0 Å². The van der Waals surface area contributed by atoms with Gasteiger partial charge in [0.15, 0.2) is 0 Å². The van der Waals surface area contributed by atoms with Crippen LogP contribution in [0, 0.1) is 0 Å². The monoisotopic (exact) mass is 374 g/mol. The highest BCUT2D eigenvalue weighted by Gasteiger charge is 2.12. The molecule has 25 heavy (non-hydrogen) atoms. The summed E-state index contributed by atoms with van der Waals surface area (Å²) in [5.41, 5.74) is 4.22. The van der Waals surface area contributed by atoms with E-state index in [1.165, 1.54) is 12.3 Å². The lowest BCUT2D eigenvalue weighted by atomic mass is 10.1. The number of benzene rings is 2. The average molecular weight is 375 g/mol. The summed E-state index contributed by atoms with van der Waals surface area (Å²) in [6, 6.07) is 13.2. The van der Waals surface area contributed by atoms with Gasteiger partial charge in [-0.25, -0.2) is 5.43 Å². The number of phenols is 1. The summed E-state index contributed by atoms with van der Waals surface area (Å²) >= 11 is 12.0. The van der Waals surface area contributed by atoms with Gasteiger partial charge < -0.3 is 5.11 Å². The number of amides is 1. The van der Waals surface area contributed by atoms with E-state index in [9.17, 15) is 9.90 Å². The van der Waals surface area contributed by atoms with Crippen molar-refractivity contribution in [2.75, 3.05) is 0 Å². The van der Waals surface area contributed by atoms with Crippen molar-refractivity contribution in [3.05, 3.63) is 69.8 Å². The van der Waals surface area contributed by atoms with Crippen LogP contribution in [0.1, 0.15) is 16.1 Å². The van der Waals surface area contributed by atoms with E-state index in [1.807, 2.05) is 0 Å². The molecule has 0 saturated carbocycles. The van der Waals surface area contributed by atoms with Gasteiger partial charge in [0.1, 0.15) is 11.4 Å². The molecule has 0 atom stereocenters. The molecule has 0 aliphatic carbocycles. The van der Waals surface area contributed by atoms with Gasteiger partial charge in [0, 0.05) is 16.1 Å². The Morgan fingerprint density at radius 3 is 2.76 bits per heavy atom. The molecule has 126 valence electrons. The highest BCUT2D eigenvalue weighted by Crippen LogP contribution is 2.29. The number of rotatable bonds is 4. The number of aromatic hydroxyl groups is 1. The Kier molecular flexibility index (Phi) is 5.02. The molecule has 0 saturated heterocycles. The third-order valence-electron chi connectivity index (χ3n) is 3.34. The molecular formula is C17H12Cl2N4O2. The van der Waals surface area contributed by atoms with Gasteiger partial charge in [-0.2, -0.15) is 10.2 Å². The lowest BCUT2D eigenvalue weighted by Crippen LogP contribution is -2.18. The third-order valence-corrected chi connectivity index (χ3v) is 3.88. The number of halogens is 2. The van der Waals surface area contributed by atoms with Crippen LogP contribution in [0.3, 0.4) is 0 Å². The predicted molar refractivity (Wildman–Crippen MR) is 97.2 cm³/mol. The van der Waals surface area contributed by atoms with Crippen LogP contribution in [0.25, 0.3) is 11.3 Å². The highest BCUT2D eigenvalue weighted by atomic mass is 35.5. The van der Waals surface area contributed by atoms with E-state index in [0.29, 0.717) is 26.9 Å². The summed E-state index contributed by atoms with van der Waals surface area (Å²) < 4.78 is 0.